The molecule has 0 radical (unpaired) electrons. The minimum atomic E-state index is 0.444. The molecule has 0 atom stereocenters. The SMILES string of the molecule is COc1ccc(N/C=C(/C#N)c2nc(-c3cccc(Br)c3)cs2)c(OC)c1. The van der Waals surface area contributed by atoms with E-state index in [-0.39, 0.29) is 0 Å². The third-order valence-electron chi connectivity index (χ3n) is 3.76. The molecule has 0 fully saturated rings. The van der Waals surface area contributed by atoms with E-state index in [4.69, 9.17) is 9.47 Å². The molecule has 0 saturated carbocycles. The van der Waals surface area contributed by atoms with Crippen molar-refractivity contribution in [3.8, 4) is 28.8 Å². The number of aromatic nitrogens is 1. The van der Waals surface area contributed by atoms with Gasteiger partial charge in [0.05, 0.1) is 25.6 Å². The zero-order valence-electron chi connectivity index (χ0n) is 14.7. The number of nitrogens with one attached hydrogen (secondary N) is 1. The summed E-state index contributed by atoms with van der Waals surface area (Å²) in [5, 5.41) is 15.2. The van der Waals surface area contributed by atoms with Crippen molar-refractivity contribution in [1.82, 2.24) is 4.98 Å². The maximum absolute atomic E-state index is 9.54. The van der Waals surface area contributed by atoms with Crippen molar-refractivity contribution in [2.45, 2.75) is 0 Å². The fourth-order valence-electron chi connectivity index (χ4n) is 2.39. The molecule has 27 heavy (non-hydrogen) atoms. The number of thiazole rings is 1. The van der Waals surface area contributed by atoms with Crippen molar-refractivity contribution in [3.63, 3.8) is 0 Å². The van der Waals surface area contributed by atoms with Gasteiger partial charge in [0.15, 0.2) is 0 Å². The van der Waals surface area contributed by atoms with Crippen molar-refractivity contribution >= 4 is 38.5 Å². The second kappa shape index (κ2) is 8.71. The van der Waals surface area contributed by atoms with Crippen LogP contribution in [0.3, 0.4) is 0 Å². The quantitative estimate of drug-likeness (QED) is 0.506. The lowest BCUT2D eigenvalue weighted by Crippen LogP contribution is -1.95. The van der Waals surface area contributed by atoms with Crippen LogP contribution in [0, 0.1) is 11.3 Å². The highest BCUT2D eigenvalue weighted by Crippen LogP contribution is 2.31. The molecule has 0 aliphatic rings. The van der Waals surface area contributed by atoms with Crippen LogP contribution in [0.25, 0.3) is 16.8 Å². The summed E-state index contributed by atoms with van der Waals surface area (Å²) in [6, 6.07) is 15.5. The first-order valence-corrected chi connectivity index (χ1v) is 9.62. The van der Waals surface area contributed by atoms with Gasteiger partial charge in [0, 0.05) is 27.7 Å². The predicted molar refractivity (Wildman–Crippen MR) is 112 cm³/mol. The van der Waals surface area contributed by atoms with Crippen molar-refractivity contribution in [1.29, 1.82) is 5.26 Å². The molecule has 0 amide bonds. The van der Waals surface area contributed by atoms with Gasteiger partial charge in [-0.15, -0.1) is 11.3 Å². The van der Waals surface area contributed by atoms with Crippen LogP contribution in [-0.4, -0.2) is 19.2 Å². The number of benzene rings is 2. The van der Waals surface area contributed by atoms with E-state index in [0.29, 0.717) is 22.1 Å². The summed E-state index contributed by atoms with van der Waals surface area (Å²) in [4.78, 5) is 4.59. The van der Waals surface area contributed by atoms with Crippen LogP contribution in [0.5, 0.6) is 11.5 Å². The molecule has 0 bridgehead atoms. The van der Waals surface area contributed by atoms with Crippen molar-refractivity contribution < 1.29 is 9.47 Å². The van der Waals surface area contributed by atoms with Gasteiger partial charge >= 0.3 is 0 Å². The van der Waals surface area contributed by atoms with Gasteiger partial charge < -0.3 is 14.8 Å². The minimum Gasteiger partial charge on any atom is -0.497 e. The largest absolute Gasteiger partial charge is 0.497 e. The molecule has 1 aromatic heterocycles. The van der Waals surface area contributed by atoms with Gasteiger partial charge in [0.1, 0.15) is 28.1 Å². The van der Waals surface area contributed by atoms with Crippen LogP contribution in [0.15, 0.2) is 58.5 Å². The predicted octanol–water partition coefficient (Wildman–Crippen LogP) is 5.57. The molecule has 0 unspecified atom stereocenters. The lowest BCUT2D eigenvalue weighted by atomic mass is 10.2. The molecule has 136 valence electrons. The fourth-order valence-corrected chi connectivity index (χ4v) is 3.58. The Hall–Kier alpha value is -2.82. The Balaban J connectivity index is 1.85. The summed E-state index contributed by atoms with van der Waals surface area (Å²) < 4.78 is 11.5. The molecule has 1 heterocycles. The molecular formula is C20H16BrN3O2S. The van der Waals surface area contributed by atoms with Crippen molar-refractivity contribution in [2.24, 2.45) is 0 Å². The molecule has 2 aromatic carbocycles. The van der Waals surface area contributed by atoms with E-state index in [0.717, 1.165) is 21.4 Å². The number of hydrogen-bond acceptors (Lipinski definition) is 6. The van der Waals surface area contributed by atoms with E-state index in [9.17, 15) is 5.26 Å². The number of hydrogen-bond donors (Lipinski definition) is 1. The van der Waals surface area contributed by atoms with Gasteiger partial charge in [-0.3, -0.25) is 0 Å². The average Bonchev–Trinajstić information content (AvgIpc) is 3.18. The molecule has 0 spiro atoms. The van der Waals surface area contributed by atoms with Crippen LogP contribution < -0.4 is 14.8 Å². The lowest BCUT2D eigenvalue weighted by molar-refractivity contribution is 0.395. The number of halogens is 1. The highest BCUT2D eigenvalue weighted by molar-refractivity contribution is 9.10. The van der Waals surface area contributed by atoms with Crippen LogP contribution in [0.2, 0.25) is 0 Å². The molecule has 0 aliphatic carbocycles. The normalized spacial score (nSPS) is 11.0. The third kappa shape index (κ3) is 4.48. The topological polar surface area (TPSA) is 67.2 Å². The molecule has 0 saturated heterocycles. The third-order valence-corrected chi connectivity index (χ3v) is 5.12. The molecule has 3 rings (SSSR count). The number of nitrogens with zero attached hydrogens (tertiary/aromatic N) is 2. The Morgan fingerprint density at radius 2 is 2.07 bits per heavy atom. The second-order valence-corrected chi connectivity index (χ2v) is 7.20. The summed E-state index contributed by atoms with van der Waals surface area (Å²) in [5.74, 6) is 1.32. The Morgan fingerprint density at radius 1 is 1.22 bits per heavy atom. The Bertz CT molecular complexity index is 1020. The van der Waals surface area contributed by atoms with E-state index in [2.05, 4.69) is 32.3 Å². The zero-order chi connectivity index (χ0) is 19.2. The summed E-state index contributed by atoms with van der Waals surface area (Å²) in [5.41, 5.74) is 3.00. The molecule has 1 N–H and O–H groups in total. The van der Waals surface area contributed by atoms with Gasteiger partial charge in [0.25, 0.3) is 0 Å². The number of ether oxygens (including phenoxy) is 2. The van der Waals surface area contributed by atoms with Crippen LogP contribution in [0.4, 0.5) is 5.69 Å². The lowest BCUT2D eigenvalue weighted by Gasteiger charge is -2.10. The Kier molecular flexibility index (Phi) is 6.12. The number of nitriles is 1. The van der Waals surface area contributed by atoms with E-state index >= 15 is 0 Å². The van der Waals surface area contributed by atoms with E-state index < -0.39 is 0 Å². The molecule has 3 aromatic rings. The summed E-state index contributed by atoms with van der Waals surface area (Å²) in [6.45, 7) is 0. The molecular weight excluding hydrogens is 426 g/mol. The number of allylic oxidation sites excluding steroid dienone is 1. The van der Waals surface area contributed by atoms with Gasteiger partial charge in [-0.05, 0) is 24.3 Å². The monoisotopic (exact) mass is 441 g/mol. The Labute approximate surface area is 170 Å². The summed E-state index contributed by atoms with van der Waals surface area (Å²) >= 11 is 4.89. The number of rotatable bonds is 6. The maximum atomic E-state index is 9.54. The van der Waals surface area contributed by atoms with Crippen LogP contribution in [-0.2, 0) is 0 Å². The van der Waals surface area contributed by atoms with Gasteiger partial charge in [-0.1, -0.05) is 28.1 Å². The first kappa shape index (κ1) is 19.0. The molecule has 0 aliphatic heterocycles. The second-order valence-electron chi connectivity index (χ2n) is 5.43. The van der Waals surface area contributed by atoms with Crippen LogP contribution in [0.1, 0.15) is 5.01 Å². The van der Waals surface area contributed by atoms with Crippen molar-refractivity contribution in [2.75, 3.05) is 19.5 Å². The number of methoxy groups -OCH3 is 2. The fraction of sp³-hybridized carbons (Fsp3) is 0.100. The van der Waals surface area contributed by atoms with Gasteiger partial charge in [0.2, 0.25) is 0 Å². The van der Waals surface area contributed by atoms with Crippen LogP contribution >= 0.6 is 27.3 Å². The minimum absolute atomic E-state index is 0.444. The molecule has 7 heteroatoms. The van der Waals surface area contributed by atoms with E-state index in [1.807, 2.05) is 41.8 Å². The highest BCUT2D eigenvalue weighted by Gasteiger charge is 2.10. The molecule has 5 nitrogen and oxygen atoms in total. The Morgan fingerprint density at radius 3 is 2.78 bits per heavy atom. The highest BCUT2D eigenvalue weighted by atomic mass is 79.9. The maximum Gasteiger partial charge on any atom is 0.145 e. The smallest absolute Gasteiger partial charge is 0.145 e. The van der Waals surface area contributed by atoms with Gasteiger partial charge in [-0.2, -0.15) is 5.26 Å². The first-order valence-electron chi connectivity index (χ1n) is 7.95. The van der Waals surface area contributed by atoms with Crippen molar-refractivity contribution in [3.05, 3.63) is 63.5 Å². The average molecular weight is 442 g/mol. The zero-order valence-corrected chi connectivity index (χ0v) is 17.1. The van der Waals surface area contributed by atoms with E-state index in [1.165, 1.54) is 11.3 Å². The van der Waals surface area contributed by atoms with Gasteiger partial charge in [-0.25, -0.2) is 4.98 Å². The summed E-state index contributed by atoms with van der Waals surface area (Å²) in [7, 11) is 3.18. The number of anilines is 1. The standard InChI is InChI=1S/C20H16BrN3O2S/c1-25-16-6-7-17(19(9-16)26-2)23-11-14(10-22)20-24-18(12-27-20)13-4-3-5-15(21)8-13/h3-9,11-12,23H,1-2H3/b14-11-. The first-order chi connectivity index (χ1) is 13.1. The summed E-state index contributed by atoms with van der Waals surface area (Å²) in [6.07, 6.45) is 1.63. The van der Waals surface area contributed by atoms with E-state index in [1.54, 1.807) is 26.5 Å².